The second kappa shape index (κ2) is 6.11. The maximum atomic E-state index is 2.48. The number of hydrogen-bond donors (Lipinski definition) is 0. The Morgan fingerprint density at radius 2 is 1.28 bits per heavy atom. The molecule has 0 fully saturated rings. The Hall–Kier alpha value is -3.84. The monoisotopic (exact) mass is 409 g/mol. The van der Waals surface area contributed by atoms with Gasteiger partial charge in [0.15, 0.2) is 0 Å². The average molecular weight is 410 g/mol. The summed E-state index contributed by atoms with van der Waals surface area (Å²) in [6.45, 7) is 4.70. The largest absolute Gasteiger partial charge is 0.309 e. The maximum Gasteiger partial charge on any atom is 0.0582 e. The zero-order chi connectivity index (χ0) is 21.4. The van der Waals surface area contributed by atoms with Gasteiger partial charge in [0, 0.05) is 16.2 Å². The Balaban J connectivity index is 1.56. The summed E-state index contributed by atoms with van der Waals surface area (Å²) < 4.78 is 2.48. The van der Waals surface area contributed by atoms with Crippen LogP contribution in [-0.4, -0.2) is 4.57 Å². The molecule has 7 rings (SSSR count). The minimum atomic E-state index is -0.0261. The lowest BCUT2D eigenvalue weighted by atomic mass is 9.75. The van der Waals surface area contributed by atoms with E-state index in [2.05, 4.69) is 122 Å². The molecular formula is C31H23N. The zero-order valence-electron chi connectivity index (χ0n) is 18.3. The van der Waals surface area contributed by atoms with Crippen LogP contribution in [0.3, 0.4) is 0 Å². The number of fused-ring (bicyclic) bond motifs is 6. The molecule has 6 aromatic rings. The van der Waals surface area contributed by atoms with Crippen molar-refractivity contribution in [3.63, 3.8) is 0 Å². The minimum Gasteiger partial charge on any atom is -0.309 e. The number of nitrogens with zero attached hydrogens (tertiary/aromatic N) is 1. The summed E-state index contributed by atoms with van der Waals surface area (Å²) in [7, 11) is 0. The predicted octanol–water partition coefficient (Wildman–Crippen LogP) is 8.24. The average Bonchev–Trinajstić information content (AvgIpc) is 3.17. The number of benzene rings is 5. The lowest BCUT2D eigenvalue weighted by Crippen LogP contribution is -2.26. The van der Waals surface area contributed by atoms with Gasteiger partial charge in [0.2, 0.25) is 0 Å². The number of aromatic nitrogens is 1. The van der Waals surface area contributed by atoms with E-state index in [1.165, 1.54) is 60.5 Å². The molecule has 1 aliphatic heterocycles. The Morgan fingerprint density at radius 1 is 0.562 bits per heavy atom. The van der Waals surface area contributed by atoms with Gasteiger partial charge in [-0.15, -0.1) is 0 Å². The molecule has 32 heavy (non-hydrogen) atoms. The second-order valence-electron chi connectivity index (χ2n) is 9.47. The molecule has 0 bridgehead atoms. The van der Waals surface area contributed by atoms with E-state index in [0.29, 0.717) is 0 Å². The van der Waals surface area contributed by atoms with Crippen LogP contribution in [0.4, 0.5) is 0 Å². The molecule has 1 nitrogen and oxygen atoms in total. The summed E-state index contributed by atoms with van der Waals surface area (Å²) >= 11 is 0. The van der Waals surface area contributed by atoms with E-state index in [1.54, 1.807) is 0 Å². The highest BCUT2D eigenvalue weighted by Gasteiger charge is 2.34. The van der Waals surface area contributed by atoms with E-state index in [1.807, 2.05) is 0 Å². The van der Waals surface area contributed by atoms with Crippen LogP contribution in [0.2, 0.25) is 0 Å². The molecule has 0 atom stereocenters. The molecule has 0 saturated carbocycles. The van der Waals surface area contributed by atoms with E-state index in [4.69, 9.17) is 0 Å². The van der Waals surface area contributed by atoms with Crippen LogP contribution in [0.15, 0.2) is 103 Å². The molecule has 0 saturated heterocycles. The van der Waals surface area contributed by atoms with E-state index in [0.717, 1.165) is 0 Å². The number of para-hydroxylation sites is 2. The summed E-state index contributed by atoms with van der Waals surface area (Å²) in [6, 6.07) is 38.0. The summed E-state index contributed by atoms with van der Waals surface area (Å²) in [4.78, 5) is 0. The fraction of sp³-hybridized carbons (Fsp3) is 0.0968. The first-order valence-electron chi connectivity index (χ1n) is 11.3. The van der Waals surface area contributed by atoms with E-state index in [-0.39, 0.29) is 5.41 Å². The van der Waals surface area contributed by atoms with Crippen molar-refractivity contribution in [2.45, 2.75) is 19.3 Å². The van der Waals surface area contributed by atoms with Crippen LogP contribution in [0, 0.1) is 0 Å². The van der Waals surface area contributed by atoms with Gasteiger partial charge >= 0.3 is 0 Å². The highest BCUT2D eigenvalue weighted by molar-refractivity contribution is 6.12. The topological polar surface area (TPSA) is 4.93 Å². The molecule has 0 spiro atoms. The highest BCUT2D eigenvalue weighted by Crippen LogP contribution is 2.47. The first kappa shape index (κ1) is 17.8. The third-order valence-electron chi connectivity index (χ3n) is 7.36. The van der Waals surface area contributed by atoms with Crippen LogP contribution < -0.4 is 0 Å². The third kappa shape index (κ3) is 2.23. The van der Waals surface area contributed by atoms with Crippen LogP contribution in [-0.2, 0) is 5.41 Å². The molecule has 5 aromatic carbocycles. The SMILES string of the molecule is CC1(C)c2ccccc2-n2c3ccc(-c4ccc5ccccc5c4)cc3c3cccc1c32. The van der Waals surface area contributed by atoms with Gasteiger partial charge < -0.3 is 4.57 Å². The molecule has 0 aliphatic carbocycles. The molecule has 0 radical (unpaired) electrons. The van der Waals surface area contributed by atoms with Crippen molar-refractivity contribution in [1.29, 1.82) is 0 Å². The van der Waals surface area contributed by atoms with Gasteiger partial charge in [-0.25, -0.2) is 0 Å². The van der Waals surface area contributed by atoms with Crippen molar-refractivity contribution >= 4 is 32.6 Å². The van der Waals surface area contributed by atoms with Gasteiger partial charge in [-0.3, -0.25) is 0 Å². The van der Waals surface area contributed by atoms with Gasteiger partial charge in [-0.2, -0.15) is 0 Å². The Kier molecular flexibility index (Phi) is 3.40. The first-order chi connectivity index (χ1) is 15.6. The van der Waals surface area contributed by atoms with E-state index >= 15 is 0 Å². The van der Waals surface area contributed by atoms with Gasteiger partial charge in [-0.1, -0.05) is 92.7 Å². The van der Waals surface area contributed by atoms with E-state index in [9.17, 15) is 0 Å². The van der Waals surface area contributed by atoms with Crippen LogP contribution in [0.1, 0.15) is 25.0 Å². The van der Waals surface area contributed by atoms with Gasteiger partial charge in [0.1, 0.15) is 0 Å². The van der Waals surface area contributed by atoms with E-state index < -0.39 is 0 Å². The van der Waals surface area contributed by atoms with Crippen LogP contribution in [0.5, 0.6) is 0 Å². The van der Waals surface area contributed by atoms with Crippen LogP contribution >= 0.6 is 0 Å². The zero-order valence-corrected chi connectivity index (χ0v) is 18.3. The third-order valence-corrected chi connectivity index (χ3v) is 7.36. The lowest BCUT2D eigenvalue weighted by molar-refractivity contribution is 0.630. The molecule has 152 valence electrons. The van der Waals surface area contributed by atoms with Crippen molar-refractivity contribution in [3.8, 4) is 16.8 Å². The molecule has 0 amide bonds. The molecule has 1 heteroatoms. The fourth-order valence-electron chi connectivity index (χ4n) is 5.71. The van der Waals surface area contributed by atoms with Crippen molar-refractivity contribution < 1.29 is 0 Å². The normalized spacial score (nSPS) is 14.2. The predicted molar refractivity (Wildman–Crippen MR) is 136 cm³/mol. The highest BCUT2D eigenvalue weighted by atomic mass is 15.0. The van der Waals surface area contributed by atoms with Crippen molar-refractivity contribution in [2.75, 3.05) is 0 Å². The summed E-state index contributed by atoms with van der Waals surface area (Å²) in [5, 5.41) is 5.22. The van der Waals surface area contributed by atoms with Gasteiger partial charge in [-0.05, 0) is 57.3 Å². The Labute approximate surface area is 187 Å². The maximum absolute atomic E-state index is 2.48. The van der Waals surface area contributed by atoms with Crippen LogP contribution in [0.25, 0.3) is 49.4 Å². The van der Waals surface area contributed by atoms with Gasteiger partial charge in [0.05, 0.1) is 16.7 Å². The lowest BCUT2D eigenvalue weighted by Gasteiger charge is -2.34. The molecule has 0 unspecified atom stereocenters. The fourth-order valence-corrected chi connectivity index (χ4v) is 5.71. The first-order valence-corrected chi connectivity index (χ1v) is 11.3. The molecule has 1 aliphatic rings. The summed E-state index contributed by atoms with van der Waals surface area (Å²) in [5.74, 6) is 0. The number of rotatable bonds is 1. The van der Waals surface area contributed by atoms with Crippen molar-refractivity contribution in [1.82, 2.24) is 4.57 Å². The minimum absolute atomic E-state index is 0.0261. The molecular weight excluding hydrogens is 386 g/mol. The Morgan fingerprint density at radius 3 is 2.19 bits per heavy atom. The second-order valence-corrected chi connectivity index (χ2v) is 9.47. The van der Waals surface area contributed by atoms with Crippen molar-refractivity contribution in [2.24, 2.45) is 0 Å². The summed E-state index contributed by atoms with van der Waals surface area (Å²) in [5.41, 5.74) is 9.21. The van der Waals surface area contributed by atoms with Crippen molar-refractivity contribution in [3.05, 3.63) is 114 Å². The molecule has 1 aromatic heterocycles. The standard InChI is InChI=1S/C31H23N/c1-31(2)26-11-5-6-13-29(26)32-28-17-16-23(19-25(28)24-10-7-12-27(31)30(24)32)22-15-14-20-8-3-4-9-21(20)18-22/h3-19H,1-2H3. The number of hydrogen-bond acceptors (Lipinski definition) is 0. The van der Waals surface area contributed by atoms with Gasteiger partial charge in [0.25, 0.3) is 0 Å². The summed E-state index contributed by atoms with van der Waals surface area (Å²) in [6.07, 6.45) is 0. The molecule has 2 heterocycles. The smallest absolute Gasteiger partial charge is 0.0582 e. The quantitative estimate of drug-likeness (QED) is 0.258. The Bertz CT molecular complexity index is 1700. The molecule has 0 N–H and O–H groups in total.